The molecule has 0 heterocycles. The molecule has 0 bridgehead atoms. The Balaban J connectivity index is 0.00000784. The number of para-hydroxylation sites is 1. The summed E-state index contributed by atoms with van der Waals surface area (Å²) >= 11 is 0. The van der Waals surface area contributed by atoms with Crippen LogP contribution in [0.1, 0.15) is 109 Å². The maximum atomic E-state index is 12.2. The highest BCUT2D eigenvalue weighted by Gasteiger charge is 2.24. The Labute approximate surface area is 189 Å². The first-order valence-corrected chi connectivity index (χ1v) is 12.7. The van der Waals surface area contributed by atoms with Crippen molar-refractivity contribution in [3.05, 3.63) is 29.8 Å². The largest absolute Gasteiger partial charge is 0.527 e. The fourth-order valence-electron chi connectivity index (χ4n) is 3.31. The van der Waals surface area contributed by atoms with E-state index in [1.807, 2.05) is 26.0 Å². The first-order valence-electron chi connectivity index (χ1n) is 11.2. The molecule has 1 N–H and O–H groups in total. The minimum Gasteiger partial charge on any atom is -0.404 e. The van der Waals surface area contributed by atoms with Gasteiger partial charge in [0, 0.05) is 0 Å². The molecule has 0 aliphatic carbocycles. The second-order valence-electron chi connectivity index (χ2n) is 7.97. The van der Waals surface area contributed by atoms with Crippen molar-refractivity contribution < 1.29 is 18.5 Å². The van der Waals surface area contributed by atoms with E-state index in [1.54, 1.807) is 12.1 Å². The van der Waals surface area contributed by atoms with E-state index in [0.29, 0.717) is 5.75 Å². The number of hydrogen-bond acceptors (Lipinski definition) is 3. The normalized spacial score (nSPS) is 13.1. The second-order valence-corrected chi connectivity index (χ2v) is 9.35. The Morgan fingerprint density at radius 1 is 0.862 bits per heavy atom. The van der Waals surface area contributed by atoms with Gasteiger partial charge in [-0.1, -0.05) is 110 Å². The predicted molar refractivity (Wildman–Crippen MR) is 128 cm³/mol. The molecule has 0 spiro atoms. The maximum Gasteiger partial charge on any atom is 0.527 e. The summed E-state index contributed by atoms with van der Waals surface area (Å²) in [6.07, 6.45) is 15.0. The molecule has 0 saturated heterocycles. The summed E-state index contributed by atoms with van der Waals surface area (Å²) in [6, 6.07) is 7.32. The van der Waals surface area contributed by atoms with E-state index >= 15 is 0 Å². The lowest BCUT2D eigenvalue weighted by Crippen LogP contribution is -2.02. The van der Waals surface area contributed by atoms with E-state index in [-0.39, 0.29) is 29.9 Å². The Hall–Kier alpha value is -0.298. The molecule has 1 rings (SSSR count). The van der Waals surface area contributed by atoms with Crippen LogP contribution >= 0.6 is 7.82 Å². The Morgan fingerprint density at radius 3 is 1.86 bits per heavy atom. The first kappa shape index (κ1) is 28.7. The summed E-state index contributed by atoms with van der Waals surface area (Å²) in [6.45, 7) is 6.56. The van der Waals surface area contributed by atoms with Gasteiger partial charge in [-0.2, -0.15) is 0 Å². The van der Waals surface area contributed by atoms with Crippen LogP contribution in [-0.4, -0.2) is 28.9 Å². The van der Waals surface area contributed by atoms with Gasteiger partial charge in [-0.05, 0) is 24.0 Å². The summed E-state index contributed by atoms with van der Waals surface area (Å²) in [5.41, 5.74) is 0.908. The van der Waals surface area contributed by atoms with Crippen LogP contribution < -0.4 is 4.52 Å². The summed E-state index contributed by atoms with van der Waals surface area (Å²) in [7, 11) is -4.06. The van der Waals surface area contributed by atoms with E-state index in [1.165, 1.54) is 57.8 Å². The molecule has 168 valence electrons. The molecule has 0 fully saturated rings. The van der Waals surface area contributed by atoms with Gasteiger partial charge in [0.15, 0.2) is 17.4 Å². The van der Waals surface area contributed by atoms with Crippen molar-refractivity contribution in [2.45, 2.75) is 104 Å². The van der Waals surface area contributed by atoms with Gasteiger partial charge in [0.1, 0.15) is 5.75 Å². The van der Waals surface area contributed by atoms with E-state index in [0.717, 1.165) is 24.8 Å². The van der Waals surface area contributed by atoms with Crippen LogP contribution in [0, 0.1) is 0 Å². The van der Waals surface area contributed by atoms with Gasteiger partial charge < -0.3 is 4.52 Å². The molecular formula is C23H44AlO4P. The number of benzene rings is 1. The number of phosphoric ester groups is 1. The number of rotatable bonds is 17. The molecular weight excluding hydrogens is 398 g/mol. The summed E-state index contributed by atoms with van der Waals surface area (Å²) in [4.78, 5) is 9.96. The zero-order valence-electron chi connectivity index (χ0n) is 18.2. The van der Waals surface area contributed by atoms with Crippen molar-refractivity contribution in [2.75, 3.05) is 6.61 Å². The van der Waals surface area contributed by atoms with Crippen molar-refractivity contribution >= 4 is 25.2 Å². The van der Waals surface area contributed by atoms with Crippen LogP contribution in [0.15, 0.2) is 24.3 Å². The van der Waals surface area contributed by atoms with Crippen LogP contribution in [0.2, 0.25) is 0 Å². The maximum absolute atomic E-state index is 12.2. The average Bonchev–Trinajstić information content (AvgIpc) is 2.65. The fraction of sp³-hybridized carbons (Fsp3) is 0.739. The fourth-order valence-corrected chi connectivity index (χ4v) is 4.14. The smallest absolute Gasteiger partial charge is 0.404 e. The first-order chi connectivity index (χ1) is 13.5. The van der Waals surface area contributed by atoms with Gasteiger partial charge in [-0.25, -0.2) is 4.57 Å². The third-order valence-electron chi connectivity index (χ3n) is 5.01. The molecule has 0 amide bonds. The third kappa shape index (κ3) is 14.4. The molecule has 29 heavy (non-hydrogen) atoms. The van der Waals surface area contributed by atoms with Gasteiger partial charge in [0.05, 0.1) is 6.61 Å². The topological polar surface area (TPSA) is 55.8 Å². The standard InChI is InChI=1S/C23H41O4P.Al.3H/c1-4-5-6-7-8-9-10-11-12-13-14-17-20-26-28(24,25)27-23-19-16-15-18-22(23)21(2)3;;;;/h15-16,18-19,21H,4-14,17,20H2,1-3H3,(H,24,25);;;;. The van der Waals surface area contributed by atoms with Crippen molar-refractivity contribution in [3.63, 3.8) is 0 Å². The zero-order chi connectivity index (χ0) is 20.7. The molecule has 1 aromatic carbocycles. The molecule has 4 nitrogen and oxygen atoms in total. The van der Waals surface area contributed by atoms with E-state index in [2.05, 4.69) is 6.92 Å². The summed E-state index contributed by atoms with van der Waals surface area (Å²) in [5.74, 6) is 0.644. The molecule has 1 unspecified atom stereocenters. The number of unbranched alkanes of at least 4 members (excludes halogenated alkanes) is 11. The second kappa shape index (κ2) is 17.4. The molecule has 1 aromatic rings. The highest BCUT2D eigenvalue weighted by atomic mass is 31.2. The van der Waals surface area contributed by atoms with Gasteiger partial charge in [0.2, 0.25) is 0 Å². The van der Waals surface area contributed by atoms with Crippen LogP contribution in [0.25, 0.3) is 0 Å². The van der Waals surface area contributed by atoms with Crippen LogP contribution in [0.4, 0.5) is 0 Å². The van der Waals surface area contributed by atoms with Gasteiger partial charge >= 0.3 is 7.82 Å². The Kier molecular flexibility index (Phi) is 17.2. The van der Waals surface area contributed by atoms with Crippen LogP contribution in [0.5, 0.6) is 5.75 Å². The monoisotopic (exact) mass is 442 g/mol. The van der Waals surface area contributed by atoms with Crippen LogP contribution in [0.3, 0.4) is 0 Å². The Morgan fingerprint density at radius 2 is 1.34 bits per heavy atom. The summed E-state index contributed by atoms with van der Waals surface area (Å²) in [5, 5.41) is 0. The van der Waals surface area contributed by atoms with Crippen molar-refractivity contribution in [3.8, 4) is 5.75 Å². The van der Waals surface area contributed by atoms with Crippen molar-refractivity contribution in [2.24, 2.45) is 0 Å². The van der Waals surface area contributed by atoms with E-state index < -0.39 is 7.82 Å². The van der Waals surface area contributed by atoms with Crippen molar-refractivity contribution in [1.82, 2.24) is 0 Å². The highest BCUT2D eigenvalue weighted by molar-refractivity contribution is 7.47. The SMILES string of the molecule is CCCCCCCCCCCCCCOP(=O)(O)Oc1ccccc1C(C)C.[AlH3]. The minimum atomic E-state index is -4.06. The molecule has 6 heteroatoms. The van der Waals surface area contributed by atoms with Gasteiger partial charge in [-0.3, -0.25) is 9.42 Å². The zero-order valence-corrected chi connectivity index (χ0v) is 19.1. The minimum absolute atomic E-state index is 0. The Bertz CT molecular complexity index is 566. The molecule has 0 aliphatic heterocycles. The molecule has 0 aromatic heterocycles. The summed E-state index contributed by atoms with van der Waals surface area (Å²) < 4.78 is 22.6. The lowest BCUT2D eigenvalue weighted by Gasteiger charge is -2.17. The van der Waals surface area contributed by atoms with Crippen molar-refractivity contribution in [1.29, 1.82) is 0 Å². The van der Waals surface area contributed by atoms with Gasteiger partial charge in [0.25, 0.3) is 0 Å². The quantitative estimate of drug-likeness (QED) is 0.163. The van der Waals surface area contributed by atoms with Crippen LogP contribution in [-0.2, 0) is 9.09 Å². The highest BCUT2D eigenvalue weighted by Crippen LogP contribution is 2.45. The van der Waals surface area contributed by atoms with E-state index in [4.69, 9.17) is 9.05 Å². The van der Waals surface area contributed by atoms with E-state index in [9.17, 15) is 9.46 Å². The number of phosphoric acid groups is 1. The molecule has 0 radical (unpaired) electrons. The third-order valence-corrected chi connectivity index (χ3v) is 5.94. The molecule has 1 atom stereocenters. The van der Waals surface area contributed by atoms with Gasteiger partial charge in [-0.15, -0.1) is 0 Å². The lowest BCUT2D eigenvalue weighted by molar-refractivity contribution is 0.198. The lowest BCUT2D eigenvalue weighted by atomic mass is 10.0. The average molecular weight is 443 g/mol. The molecule has 0 saturated carbocycles. The molecule has 0 aliphatic rings. The predicted octanol–water partition coefficient (Wildman–Crippen LogP) is 6.82. The number of hydrogen-bond donors (Lipinski definition) is 1.